The van der Waals surface area contributed by atoms with Gasteiger partial charge in [-0.1, -0.05) is 31.2 Å². The summed E-state index contributed by atoms with van der Waals surface area (Å²) in [5.41, 5.74) is 9.56. The van der Waals surface area contributed by atoms with Crippen LogP contribution < -0.4 is 16.4 Å². The first kappa shape index (κ1) is 19.7. The second-order valence-electron chi connectivity index (χ2n) is 8.03. The van der Waals surface area contributed by atoms with E-state index in [2.05, 4.69) is 31.3 Å². The molecule has 0 unspecified atom stereocenters. The highest BCUT2D eigenvalue weighted by Gasteiger charge is 2.31. The van der Waals surface area contributed by atoms with Crippen LogP contribution in [0.1, 0.15) is 43.2 Å². The van der Waals surface area contributed by atoms with Crippen LogP contribution >= 0.6 is 11.3 Å². The van der Waals surface area contributed by atoms with Crippen molar-refractivity contribution in [3.8, 4) is 5.69 Å². The van der Waals surface area contributed by atoms with Crippen LogP contribution in [0.4, 0.5) is 5.95 Å². The number of aromatic nitrogens is 2. The molecular formula is C22H26N4O2S. The van der Waals surface area contributed by atoms with Gasteiger partial charge < -0.3 is 10.2 Å². The molecule has 0 aliphatic carbocycles. The highest BCUT2D eigenvalue weighted by atomic mass is 32.1. The van der Waals surface area contributed by atoms with E-state index in [0.717, 1.165) is 38.6 Å². The van der Waals surface area contributed by atoms with Crippen molar-refractivity contribution in [2.45, 2.75) is 52.7 Å². The summed E-state index contributed by atoms with van der Waals surface area (Å²) < 4.78 is 7.58. The van der Waals surface area contributed by atoms with Crippen molar-refractivity contribution in [2.75, 3.05) is 5.43 Å². The van der Waals surface area contributed by atoms with Gasteiger partial charge in [0.15, 0.2) is 0 Å². The lowest BCUT2D eigenvalue weighted by atomic mass is 9.94. The first-order valence-electron chi connectivity index (χ1n) is 9.77. The minimum atomic E-state index is -0.292. The highest BCUT2D eigenvalue weighted by Crippen LogP contribution is 2.37. The molecule has 1 aliphatic heterocycles. The van der Waals surface area contributed by atoms with Crippen LogP contribution in [0, 0.1) is 6.92 Å². The van der Waals surface area contributed by atoms with Crippen molar-refractivity contribution in [3.63, 3.8) is 0 Å². The van der Waals surface area contributed by atoms with E-state index in [-0.39, 0.29) is 11.2 Å². The number of allylic oxidation sites excluding steroid dienone is 1. The SMILES string of the molecule is C=C(CC)NNc1nc2sc3c(c2c(=O)n1-c1ccc(C)cc1)CC(C)(C)OC3. The predicted molar refractivity (Wildman–Crippen MR) is 119 cm³/mol. The van der Waals surface area contributed by atoms with E-state index in [9.17, 15) is 4.79 Å². The summed E-state index contributed by atoms with van der Waals surface area (Å²) in [6.07, 6.45) is 1.47. The number of fused-ring (bicyclic) bond motifs is 3. The molecule has 0 bridgehead atoms. The molecule has 0 saturated carbocycles. The molecule has 0 atom stereocenters. The van der Waals surface area contributed by atoms with Crippen LogP contribution in [0.25, 0.3) is 15.9 Å². The average Bonchev–Trinajstić information content (AvgIpc) is 3.03. The number of anilines is 1. The third-order valence-electron chi connectivity index (χ3n) is 5.17. The van der Waals surface area contributed by atoms with Crippen LogP contribution in [0.15, 0.2) is 41.3 Å². The van der Waals surface area contributed by atoms with Gasteiger partial charge in [-0.05, 0) is 44.9 Å². The smallest absolute Gasteiger partial charge is 0.268 e. The number of hydrogen-bond donors (Lipinski definition) is 2. The van der Waals surface area contributed by atoms with Gasteiger partial charge in [-0.15, -0.1) is 11.3 Å². The normalized spacial score (nSPS) is 15.2. The van der Waals surface area contributed by atoms with E-state index >= 15 is 0 Å². The maximum Gasteiger partial charge on any atom is 0.268 e. The summed E-state index contributed by atoms with van der Waals surface area (Å²) in [6, 6.07) is 7.87. The molecule has 152 valence electrons. The molecule has 29 heavy (non-hydrogen) atoms. The maximum atomic E-state index is 13.7. The molecule has 4 rings (SSSR count). The van der Waals surface area contributed by atoms with E-state index < -0.39 is 0 Å². The Bertz CT molecular complexity index is 1140. The Morgan fingerprint density at radius 1 is 1.34 bits per heavy atom. The molecule has 7 heteroatoms. The third kappa shape index (κ3) is 3.68. The zero-order chi connectivity index (χ0) is 20.8. The number of hydrazine groups is 1. The Balaban J connectivity index is 1.93. The van der Waals surface area contributed by atoms with Crippen molar-refractivity contribution >= 4 is 27.5 Å². The Hall–Kier alpha value is -2.64. The fourth-order valence-electron chi connectivity index (χ4n) is 3.44. The predicted octanol–water partition coefficient (Wildman–Crippen LogP) is 4.45. The standard InChI is InChI=1S/C22H26N4O2S/c1-6-14(3)24-25-21-23-19-18(16-11-22(4,5)28-12-17(16)29-19)20(27)26(21)15-9-7-13(2)8-10-15/h7-10,24H,3,6,11-12H2,1-2,4-5H3,(H,23,25). The van der Waals surface area contributed by atoms with Gasteiger partial charge in [0, 0.05) is 17.0 Å². The molecule has 0 radical (unpaired) electrons. The van der Waals surface area contributed by atoms with E-state index in [1.807, 2.05) is 38.1 Å². The summed E-state index contributed by atoms with van der Waals surface area (Å²) in [5.74, 6) is 0.444. The molecule has 2 aromatic heterocycles. The Kier molecular flexibility index (Phi) is 4.96. The minimum absolute atomic E-state index is 0.0690. The van der Waals surface area contributed by atoms with E-state index in [1.54, 1.807) is 4.57 Å². The van der Waals surface area contributed by atoms with Gasteiger partial charge in [0.05, 0.1) is 23.3 Å². The molecule has 0 spiro atoms. The maximum absolute atomic E-state index is 13.7. The van der Waals surface area contributed by atoms with Crippen LogP contribution in [-0.2, 0) is 17.8 Å². The quantitative estimate of drug-likeness (QED) is 0.609. The third-order valence-corrected chi connectivity index (χ3v) is 6.27. The van der Waals surface area contributed by atoms with Crippen LogP contribution in [0.5, 0.6) is 0 Å². The monoisotopic (exact) mass is 410 g/mol. The molecule has 0 amide bonds. The van der Waals surface area contributed by atoms with Gasteiger partial charge >= 0.3 is 0 Å². The zero-order valence-electron chi connectivity index (χ0n) is 17.3. The second-order valence-corrected chi connectivity index (χ2v) is 9.11. The summed E-state index contributed by atoms with van der Waals surface area (Å²) in [5, 5.41) is 0.696. The van der Waals surface area contributed by atoms with Gasteiger partial charge in [-0.25, -0.2) is 9.55 Å². The number of hydrogen-bond acceptors (Lipinski definition) is 6. The highest BCUT2D eigenvalue weighted by molar-refractivity contribution is 7.18. The number of ether oxygens (including phenoxy) is 1. The lowest BCUT2D eigenvalue weighted by Crippen LogP contribution is -2.32. The average molecular weight is 411 g/mol. The number of nitrogens with one attached hydrogen (secondary N) is 2. The van der Waals surface area contributed by atoms with Crippen molar-refractivity contribution in [3.05, 3.63) is 62.9 Å². The summed E-state index contributed by atoms with van der Waals surface area (Å²) in [7, 11) is 0. The largest absolute Gasteiger partial charge is 0.370 e. The van der Waals surface area contributed by atoms with Gasteiger partial charge in [-0.2, -0.15) is 0 Å². The Labute approximate surface area is 174 Å². The minimum Gasteiger partial charge on any atom is -0.370 e. The number of rotatable bonds is 5. The van der Waals surface area contributed by atoms with Crippen LogP contribution in [0.3, 0.4) is 0 Å². The van der Waals surface area contributed by atoms with Crippen LogP contribution in [0.2, 0.25) is 0 Å². The first-order valence-corrected chi connectivity index (χ1v) is 10.6. The lowest BCUT2D eigenvalue weighted by Gasteiger charge is -2.30. The number of benzene rings is 1. The molecule has 2 N–H and O–H groups in total. The van der Waals surface area contributed by atoms with Crippen molar-refractivity contribution < 1.29 is 4.74 Å². The van der Waals surface area contributed by atoms with Crippen molar-refractivity contribution in [2.24, 2.45) is 0 Å². The molecular weight excluding hydrogens is 384 g/mol. The topological polar surface area (TPSA) is 68.2 Å². The number of nitrogens with zero attached hydrogens (tertiary/aromatic N) is 2. The lowest BCUT2D eigenvalue weighted by molar-refractivity contribution is -0.0379. The summed E-state index contributed by atoms with van der Waals surface area (Å²) >= 11 is 1.54. The number of thiophene rings is 1. The molecule has 0 saturated heterocycles. The molecule has 6 nitrogen and oxygen atoms in total. The Morgan fingerprint density at radius 3 is 2.76 bits per heavy atom. The van der Waals surface area contributed by atoms with Gasteiger partial charge in [0.1, 0.15) is 4.83 Å². The van der Waals surface area contributed by atoms with Gasteiger partial charge in [0.2, 0.25) is 5.95 Å². The molecule has 1 aliphatic rings. The van der Waals surface area contributed by atoms with E-state index in [0.29, 0.717) is 24.4 Å². The van der Waals surface area contributed by atoms with Crippen molar-refractivity contribution in [1.29, 1.82) is 0 Å². The van der Waals surface area contributed by atoms with E-state index in [1.165, 1.54) is 11.3 Å². The molecule has 3 heterocycles. The molecule has 3 aromatic rings. The molecule has 1 aromatic carbocycles. The summed E-state index contributed by atoms with van der Waals surface area (Å²) in [6.45, 7) is 12.6. The van der Waals surface area contributed by atoms with Crippen LogP contribution in [-0.4, -0.2) is 15.2 Å². The first-order chi connectivity index (χ1) is 13.8. The molecule has 0 fully saturated rings. The Morgan fingerprint density at radius 2 is 2.07 bits per heavy atom. The zero-order valence-corrected chi connectivity index (χ0v) is 18.1. The summed E-state index contributed by atoms with van der Waals surface area (Å²) in [4.78, 5) is 20.3. The van der Waals surface area contributed by atoms with Gasteiger partial charge in [-0.3, -0.25) is 10.2 Å². The second kappa shape index (κ2) is 7.31. The van der Waals surface area contributed by atoms with E-state index in [4.69, 9.17) is 9.72 Å². The fourth-order valence-corrected chi connectivity index (χ4v) is 4.54. The van der Waals surface area contributed by atoms with Gasteiger partial charge in [0.25, 0.3) is 5.56 Å². The number of aryl methyl sites for hydroxylation is 1. The van der Waals surface area contributed by atoms with Crippen molar-refractivity contribution in [1.82, 2.24) is 15.0 Å². The fraction of sp³-hybridized carbons (Fsp3) is 0.364.